The van der Waals surface area contributed by atoms with Gasteiger partial charge in [-0.1, -0.05) is 57.2 Å². The van der Waals surface area contributed by atoms with Gasteiger partial charge < -0.3 is 4.40 Å². The summed E-state index contributed by atoms with van der Waals surface area (Å²) in [6, 6.07) is 15.1. The van der Waals surface area contributed by atoms with Crippen LogP contribution in [-0.2, 0) is 0 Å². The smallest absolute Gasteiger partial charge is 0.131 e. The Morgan fingerprint density at radius 1 is 1.00 bits per heavy atom. The monoisotopic (exact) mass is 342 g/mol. The summed E-state index contributed by atoms with van der Waals surface area (Å²) in [5.41, 5.74) is 3.90. The number of fused-ring (bicyclic) bond motifs is 1. The number of rotatable bonds is 2. The van der Waals surface area contributed by atoms with Crippen LogP contribution >= 0.6 is 15.9 Å². The van der Waals surface area contributed by atoms with Crippen molar-refractivity contribution in [1.82, 2.24) is 9.38 Å². The third kappa shape index (κ3) is 2.75. The first kappa shape index (κ1) is 14.3. The molecular weight excluding hydrogens is 324 g/mol. The summed E-state index contributed by atoms with van der Waals surface area (Å²) in [6.45, 7) is 6.87. The number of hydrogen-bond donors (Lipinski definition) is 0. The van der Waals surface area contributed by atoms with Crippen molar-refractivity contribution in [1.29, 1.82) is 0 Å². The normalized spacial score (nSPS) is 13.5. The lowest BCUT2D eigenvalue weighted by molar-refractivity contribution is 0.358. The molecule has 0 aliphatic carbocycles. The molecule has 2 aromatic heterocycles. The summed E-state index contributed by atoms with van der Waals surface area (Å²) in [5.74, 6) is 0.351. The van der Waals surface area contributed by atoms with Crippen molar-refractivity contribution in [2.45, 2.75) is 26.7 Å². The molecular formula is C18H19BrN2. The molecule has 0 saturated carbocycles. The molecule has 0 spiro atoms. The first-order chi connectivity index (χ1) is 9.97. The largest absolute Gasteiger partial charge is 0.305 e. The van der Waals surface area contributed by atoms with E-state index in [1.165, 1.54) is 11.1 Å². The lowest BCUT2D eigenvalue weighted by Gasteiger charge is -2.31. The molecule has 0 N–H and O–H groups in total. The van der Waals surface area contributed by atoms with E-state index in [2.05, 4.69) is 94.7 Å². The molecule has 1 atom stereocenters. The van der Waals surface area contributed by atoms with Gasteiger partial charge in [-0.15, -0.1) is 0 Å². The molecule has 3 rings (SSSR count). The number of halogens is 1. The van der Waals surface area contributed by atoms with Crippen LogP contribution in [0.5, 0.6) is 0 Å². The molecule has 1 unspecified atom stereocenters. The zero-order chi connectivity index (χ0) is 15.0. The van der Waals surface area contributed by atoms with Crippen molar-refractivity contribution >= 4 is 21.4 Å². The number of nitrogens with zero attached hydrogens (tertiary/aromatic N) is 2. The summed E-state index contributed by atoms with van der Waals surface area (Å²) in [4.78, 5) is 4.31. The average Bonchev–Trinajstić information content (AvgIpc) is 2.80. The second-order valence-corrected chi connectivity index (χ2v) is 7.25. The van der Waals surface area contributed by atoms with E-state index >= 15 is 0 Å². The number of pyridine rings is 1. The first-order valence-corrected chi connectivity index (χ1v) is 7.93. The van der Waals surface area contributed by atoms with Gasteiger partial charge >= 0.3 is 0 Å². The molecule has 0 amide bonds. The van der Waals surface area contributed by atoms with Crippen molar-refractivity contribution < 1.29 is 0 Å². The van der Waals surface area contributed by atoms with Crippen LogP contribution in [0.4, 0.5) is 0 Å². The zero-order valence-corrected chi connectivity index (χ0v) is 14.1. The highest BCUT2D eigenvalue weighted by molar-refractivity contribution is 9.10. The molecule has 21 heavy (non-hydrogen) atoms. The highest BCUT2D eigenvalue weighted by Gasteiger charge is 2.28. The first-order valence-electron chi connectivity index (χ1n) is 7.14. The van der Waals surface area contributed by atoms with Crippen molar-refractivity contribution in [3.8, 4) is 0 Å². The van der Waals surface area contributed by atoms with Gasteiger partial charge in [0.25, 0.3) is 0 Å². The quantitative estimate of drug-likeness (QED) is 0.619. The summed E-state index contributed by atoms with van der Waals surface area (Å²) in [7, 11) is 0. The van der Waals surface area contributed by atoms with Crippen LogP contribution < -0.4 is 0 Å². The van der Waals surface area contributed by atoms with Crippen molar-refractivity contribution in [3.05, 3.63) is 70.7 Å². The topological polar surface area (TPSA) is 17.3 Å². The number of benzene rings is 1. The predicted molar refractivity (Wildman–Crippen MR) is 90.6 cm³/mol. The van der Waals surface area contributed by atoms with Gasteiger partial charge in [-0.3, -0.25) is 0 Å². The fraction of sp³-hybridized carbons (Fsp3) is 0.278. The van der Waals surface area contributed by atoms with E-state index in [4.69, 9.17) is 0 Å². The molecule has 1 aromatic carbocycles. The Labute approximate surface area is 134 Å². The van der Waals surface area contributed by atoms with Crippen LogP contribution in [0.25, 0.3) is 5.52 Å². The maximum atomic E-state index is 4.31. The lowest BCUT2D eigenvalue weighted by Crippen LogP contribution is -2.20. The Morgan fingerprint density at radius 3 is 2.38 bits per heavy atom. The highest BCUT2D eigenvalue weighted by atomic mass is 79.9. The molecule has 0 aliphatic rings. The Kier molecular flexibility index (Phi) is 3.62. The Balaban J connectivity index is 2.15. The van der Waals surface area contributed by atoms with Crippen molar-refractivity contribution in [3.63, 3.8) is 0 Å². The predicted octanol–water partition coefficient (Wildman–Crippen LogP) is 5.27. The van der Waals surface area contributed by atoms with Gasteiger partial charge in [0, 0.05) is 12.1 Å². The minimum atomic E-state index is 0.146. The van der Waals surface area contributed by atoms with Gasteiger partial charge in [0.05, 0.1) is 5.52 Å². The van der Waals surface area contributed by atoms with E-state index in [0.717, 1.165) is 10.1 Å². The molecule has 0 radical (unpaired) electrons. The van der Waals surface area contributed by atoms with E-state index in [9.17, 15) is 0 Å². The van der Waals surface area contributed by atoms with Crippen molar-refractivity contribution in [2.24, 2.45) is 5.41 Å². The fourth-order valence-electron chi connectivity index (χ4n) is 2.99. The highest BCUT2D eigenvalue weighted by Crippen LogP contribution is 2.40. The lowest BCUT2D eigenvalue weighted by atomic mass is 9.73. The SMILES string of the molecule is CC(C)(C)C(c1ccccc1)c1ccc2c(Br)ncn2c1. The molecule has 2 heterocycles. The van der Waals surface area contributed by atoms with Crippen molar-refractivity contribution in [2.75, 3.05) is 0 Å². The zero-order valence-electron chi connectivity index (χ0n) is 12.5. The van der Waals surface area contributed by atoms with E-state index in [1.807, 2.05) is 6.33 Å². The van der Waals surface area contributed by atoms with E-state index in [1.54, 1.807) is 0 Å². The number of hydrogen-bond acceptors (Lipinski definition) is 1. The van der Waals surface area contributed by atoms with Gasteiger partial charge in [0.1, 0.15) is 10.9 Å². The second kappa shape index (κ2) is 5.30. The Bertz CT molecular complexity index is 754. The third-order valence-electron chi connectivity index (χ3n) is 3.84. The minimum absolute atomic E-state index is 0.146. The van der Waals surface area contributed by atoms with E-state index in [0.29, 0.717) is 5.92 Å². The van der Waals surface area contributed by atoms with Crippen LogP contribution in [0.3, 0.4) is 0 Å². The summed E-state index contributed by atoms with van der Waals surface area (Å²) < 4.78 is 2.97. The molecule has 3 aromatic rings. The van der Waals surface area contributed by atoms with Gasteiger partial charge in [0.15, 0.2) is 0 Å². The summed E-state index contributed by atoms with van der Waals surface area (Å²) in [5, 5.41) is 0. The van der Waals surface area contributed by atoms with Crippen LogP contribution in [-0.4, -0.2) is 9.38 Å². The van der Waals surface area contributed by atoms with E-state index < -0.39 is 0 Å². The number of imidazole rings is 1. The van der Waals surface area contributed by atoms with Gasteiger partial charge in [-0.2, -0.15) is 0 Å². The molecule has 2 nitrogen and oxygen atoms in total. The maximum Gasteiger partial charge on any atom is 0.131 e. The number of aromatic nitrogens is 2. The standard InChI is InChI=1S/C18H19BrN2/c1-18(2,3)16(13-7-5-4-6-8-13)14-9-10-15-17(19)20-12-21(15)11-14/h4-12,16H,1-3H3. The van der Waals surface area contributed by atoms with Crippen LogP contribution in [0, 0.1) is 5.41 Å². The third-order valence-corrected chi connectivity index (χ3v) is 4.45. The van der Waals surface area contributed by atoms with Crippen LogP contribution in [0.2, 0.25) is 0 Å². The molecule has 0 bridgehead atoms. The Hall–Kier alpha value is -1.61. The minimum Gasteiger partial charge on any atom is -0.305 e. The van der Waals surface area contributed by atoms with Crippen LogP contribution in [0.15, 0.2) is 59.6 Å². The van der Waals surface area contributed by atoms with E-state index in [-0.39, 0.29) is 5.41 Å². The fourth-order valence-corrected chi connectivity index (χ4v) is 3.42. The second-order valence-electron chi connectivity index (χ2n) is 6.50. The summed E-state index contributed by atoms with van der Waals surface area (Å²) >= 11 is 3.48. The van der Waals surface area contributed by atoms with Gasteiger partial charge in [0.2, 0.25) is 0 Å². The molecule has 0 saturated heterocycles. The van der Waals surface area contributed by atoms with Gasteiger partial charge in [-0.25, -0.2) is 4.98 Å². The summed E-state index contributed by atoms with van der Waals surface area (Å²) in [6.07, 6.45) is 4.05. The molecule has 0 aliphatic heterocycles. The van der Waals surface area contributed by atoms with Gasteiger partial charge in [-0.05, 0) is 38.5 Å². The molecule has 3 heteroatoms. The maximum absolute atomic E-state index is 4.31. The molecule has 0 fully saturated rings. The average molecular weight is 343 g/mol. The molecule has 108 valence electrons. The Morgan fingerprint density at radius 2 is 1.71 bits per heavy atom. The van der Waals surface area contributed by atoms with Crippen LogP contribution in [0.1, 0.15) is 37.8 Å².